The molecule has 0 fully saturated rings. The molecule has 0 saturated heterocycles. The van der Waals surface area contributed by atoms with Crippen molar-refractivity contribution in [1.29, 1.82) is 0 Å². The second-order valence-electron chi connectivity index (χ2n) is 5.94. The Morgan fingerprint density at radius 1 is 1.10 bits per heavy atom. The van der Waals surface area contributed by atoms with Crippen LogP contribution in [0.5, 0.6) is 0 Å². The number of hydrogen-bond acceptors (Lipinski definition) is 3. The van der Waals surface area contributed by atoms with Crippen LogP contribution in [0, 0.1) is 0 Å². The van der Waals surface area contributed by atoms with Gasteiger partial charge in [-0.3, -0.25) is 0 Å². The smallest absolute Gasteiger partial charge is 0.136 e. The lowest BCUT2D eigenvalue weighted by molar-refractivity contribution is 0.612. The van der Waals surface area contributed by atoms with E-state index in [1.807, 2.05) is 6.20 Å². The summed E-state index contributed by atoms with van der Waals surface area (Å²) in [5.41, 5.74) is 11.4. The zero-order chi connectivity index (χ0) is 13.5. The van der Waals surface area contributed by atoms with E-state index in [4.69, 9.17) is 10.7 Å². The highest BCUT2D eigenvalue weighted by Gasteiger charge is 2.30. The van der Waals surface area contributed by atoms with Crippen LogP contribution in [-0.4, -0.2) is 9.97 Å². The minimum atomic E-state index is 0.121. The maximum absolute atomic E-state index is 6.22. The van der Waals surface area contributed by atoms with Crippen molar-refractivity contribution in [3.05, 3.63) is 58.7 Å². The number of fused-ring (bicyclic) bond motifs is 2. The molecule has 2 atom stereocenters. The van der Waals surface area contributed by atoms with Gasteiger partial charge in [-0.05, 0) is 36.8 Å². The van der Waals surface area contributed by atoms with E-state index >= 15 is 0 Å². The number of nitrogens with zero attached hydrogens (tertiary/aromatic N) is 2. The van der Waals surface area contributed by atoms with Crippen molar-refractivity contribution in [1.82, 2.24) is 9.97 Å². The monoisotopic (exact) mass is 265 g/mol. The molecule has 2 aliphatic carbocycles. The number of aryl methyl sites for hydroxylation is 1. The van der Waals surface area contributed by atoms with Crippen LogP contribution >= 0.6 is 0 Å². The molecule has 2 N–H and O–H groups in total. The van der Waals surface area contributed by atoms with E-state index in [0.29, 0.717) is 5.92 Å². The molecular formula is C17H19N3. The lowest BCUT2D eigenvalue weighted by atomic mass is 9.77. The lowest BCUT2D eigenvalue weighted by Gasteiger charge is -2.29. The Kier molecular flexibility index (Phi) is 2.81. The quantitative estimate of drug-likeness (QED) is 0.807. The molecule has 0 spiro atoms. The average molecular weight is 265 g/mol. The van der Waals surface area contributed by atoms with Gasteiger partial charge in [-0.2, -0.15) is 0 Å². The normalized spacial score (nSPS) is 24.2. The van der Waals surface area contributed by atoms with Gasteiger partial charge in [0.25, 0.3) is 0 Å². The summed E-state index contributed by atoms with van der Waals surface area (Å²) < 4.78 is 0. The zero-order valence-corrected chi connectivity index (χ0v) is 11.5. The summed E-state index contributed by atoms with van der Waals surface area (Å²) in [6.07, 6.45) is 7.54. The second-order valence-corrected chi connectivity index (χ2v) is 5.94. The molecule has 0 aliphatic heterocycles. The minimum absolute atomic E-state index is 0.121. The summed E-state index contributed by atoms with van der Waals surface area (Å²) in [6.45, 7) is 0. The standard InChI is InChI=1S/C17H19N3/c18-15-7-3-4-8-16-14(15)10-19-17(20-16)13-9-11-5-1-2-6-12(11)13/h1-2,5-6,10,13,15H,3-4,7-9,18H2. The maximum Gasteiger partial charge on any atom is 0.136 e. The van der Waals surface area contributed by atoms with Crippen LogP contribution in [-0.2, 0) is 12.8 Å². The first-order valence-corrected chi connectivity index (χ1v) is 7.52. The van der Waals surface area contributed by atoms with E-state index in [2.05, 4.69) is 29.2 Å². The first kappa shape index (κ1) is 12.0. The van der Waals surface area contributed by atoms with Gasteiger partial charge in [0.2, 0.25) is 0 Å². The molecule has 0 bridgehead atoms. The predicted molar refractivity (Wildman–Crippen MR) is 78.5 cm³/mol. The Labute approximate surface area is 119 Å². The fraction of sp³-hybridized carbons (Fsp3) is 0.412. The summed E-state index contributed by atoms with van der Waals surface area (Å²) in [6, 6.07) is 8.72. The van der Waals surface area contributed by atoms with Crippen LogP contribution in [0.15, 0.2) is 30.5 Å². The van der Waals surface area contributed by atoms with Crippen molar-refractivity contribution in [2.24, 2.45) is 5.73 Å². The predicted octanol–water partition coefficient (Wildman–Crippen LogP) is 2.89. The van der Waals surface area contributed by atoms with Crippen molar-refractivity contribution >= 4 is 0 Å². The van der Waals surface area contributed by atoms with Crippen molar-refractivity contribution in [3.63, 3.8) is 0 Å². The molecule has 20 heavy (non-hydrogen) atoms. The molecule has 1 heterocycles. The van der Waals surface area contributed by atoms with Gasteiger partial charge in [-0.25, -0.2) is 9.97 Å². The molecule has 0 saturated carbocycles. The summed E-state index contributed by atoms with van der Waals surface area (Å²) in [4.78, 5) is 9.47. The SMILES string of the molecule is NC1CCCCc2nc(C3Cc4ccccc43)ncc21. The maximum atomic E-state index is 6.22. The average Bonchev–Trinajstić information content (AvgIpc) is 2.62. The third kappa shape index (κ3) is 1.85. The highest BCUT2D eigenvalue weighted by atomic mass is 14.9. The zero-order valence-electron chi connectivity index (χ0n) is 11.5. The Hall–Kier alpha value is -1.74. The topological polar surface area (TPSA) is 51.8 Å². The van der Waals surface area contributed by atoms with Gasteiger partial charge in [0.15, 0.2) is 0 Å². The number of aromatic nitrogens is 2. The molecule has 2 aliphatic rings. The van der Waals surface area contributed by atoms with Crippen LogP contribution < -0.4 is 5.73 Å². The van der Waals surface area contributed by atoms with Gasteiger partial charge in [0.1, 0.15) is 5.82 Å². The first-order chi connectivity index (χ1) is 9.83. The van der Waals surface area contributed by atoms with E-state index in [-0.39, 0.29) is 6.04 Å². The Morgan fingerprint density at radius 2 is 2.00 bits per heavy atom. The summed E-state index contributed by atoms with van der Waals surface area (Å²) in [5, 5.41) is 0. The van der Waals surface area contributed by atoms with Gasteiger partial charge < -0.3 is 5.73 Å². The van der Waals surface area contributed by atoms with Gasteiger partial charge >= 0.3 is 0 Å². The molecule has 102 valence electrons. The molecule has 4 rings (SSSR count). The third-order valence-corrected chi connectivity index (χ3v) is 4.66. The molecule has 3 heteroatoms. The molecule has 0 amide bonds. The van der Waals surface area contributed by atoms with Crippen molar-refractivity contribution in [2.45, 2.75) is 44.1 Å². The van der Waals surface area contributed by atoms with E-state index in [9.17, 15) is 0 Å². The van der Waals surface area contributed by atoms with Crippen molar-refractivity contribution in [2.75, 3.05) is 0 Å². The van der Waals surface area contributed by atoms with Crippen LogP contribution in [0.4, 0.5) is 0 Å². The first-order valence-electron chi connectivity index (χ1n) is 7.52. The van der Waals surface area contributed by atoms with Crippen molar-refractivity contribution in [3.8, 4) is 0 Å². The van der Waals surface area contributed by atoms with E-state index in [0.717, 1.165) is 25.1 Å². The van der Waals surface area contributed by atoms with E-state index in [1.165, 1.54) is 35.2 Å². The third-order valence-electron chi connectivity index (χ3n) is 4.66. The minimum Gasteiger partial charge on any atom is -0.324 e. The Morgan fingerprint density at radius 3 is 2.90 bits per heavy atom. The highest BCUT2D eigenvalue weighted by molar-refractivity contribution is 5.44. The summed E-state index contributed by atoms with van der Waals surface area (Å²) in [7, 11) is 0. The number of hydrogen-bond donors (Lipinski definition) is 1. The molecule has 1 aromatic heterocycles. The Bertz CT molecular complexity index is 650. The van der Waals surface area contributed by atoms with Crippen LogP contribution in [0.3, 0.4) is 0 Å². The van der Waals surface area contributed by atoms with Gasteiger partial charge in [0, 0.05) is 29.4 Å². The fourth-order valence-electron chi connectivity index (χ4n) is 3.42. The van der Waals surface area contributed by atoms with E-state index < -0.39 is 0 Å². The molecule has 3 nitrogen and oxygen atoms in total. The number of rotatable bonds is 1. The van der Waals surface area contributed by atoms with Gasteiger partial charge in [0.05, 0.1) is 0 Å². The van der Waals surface area contributed by atoms with Crippen molar-refractivity contribution < 1.29 is 0 Å². The summed E-state index contributed by atoms with van der Waals surface area (Å²) in [5.74, 6) is 1.37. The molecule has 2 unspecified atom stereocenters. The fourth-order valence-corrected chi connectivity index (χ4v) is 3.42. The molecular weight excluding hydrogens is 246 g/mol. The van der Waals surface area contributed by atoms with Gasteiger partial charge in [-0.15, -0.1) is 0 Å². The largest absolute Gasteiger partial charge is 0.324 e. The molecule has 0 radical (unpaired) electrons. The summed E-state index contributed by atoms with van der Waals surface area (Å²) >= 11 is 0. The van der Waals surface area contributed by atoms with Crippen LogP contribution in [0.2, 0.25) is 0 Å². The second kappa shape index (κ2) is 4.67. The highest BCUT2D eigenvalue weighted by Crippen LogP contribution is 2.39. The number of benzene rings is 1. The van der Waals surface area contributed by atoms with Crippen LogP contribution in [0.25, 0.3) is 0 Å². The molecule has 2 aromatic rings. The van der Waals surface area contributed by atoms with Crippen LogP contribution in [0.1, 0.15) is 59.4 Å². The molecule has 1 aromatic carbocycles. The van der Waals surface area contributed by atoms with Gasteiger partial charge in [-0.1, -0.05) is 30.7 Å². The lowest BCUT2D eigenvalue weighted by Crippen LogP contribution is -2.22. The van der Waals surface area contributed by atoms with E-state index in [1.54, 1.807) is 0 Å². The Balaban J connectivity index is 1.70. The number of nitrogens with two attached hydrogens (primary N) is 1.